The molecule has 0 aliphatic heterocycles. The summed E-state index contributed by atoms with van der Waals surface area (Å²) in [5.74, 6) is 0. The number of hydrogen-bond acceptors (Lipinski definition) is 2. The number of ether oxygens (including phenoxy) is 2. The van der Waals surface area contributed by atoms with Gasteiger partial charge in [0.25, 0.3) is 0 Å². The molecule has 0 spiro atoms. The van der Waals surface area contributed by atoms with E-state index in [0.29, 0.717) is 6.61 Å². The van der Waals surface area contributed by atoms with E-state index < -0.39 is 0 Å². The van der Waals surface area contributed by atoms with Crippen molar-refractivity contribution in [3.05, 3.63) is 30.4 Å². The van der Waals surface area contributed by atoms with Crippen molar-refractivity contribution in [2.75, 3.05) is 13.7 Å². The highest BCUT2D eigenvalue weighted by Crippen LogP contribution is 2.18. The summed E-state index contributed by atoms with van der Waals surface area (Å²) >= 11 is 0. The van der Waals surface area contributed by atoms with Gasteiger partial charge in [-0.3, -0.25) is 0 Å². The SMILES string of the molecule is CCO[C]1C=CC=CC1OC. The highest BCUT2D eigenvalue weighted by atomic mass is 16.5. The smallest absolute Gasteiger partial charge is 0.151 e. The van der Waals surface area contributed by atoms with Gasteiger partial charge in [0.1, 0.15) is 6.10 Å². The van der Waals surface area contributed by atoms with Gasteiger partial charge in [-0.15, -0.1) is 0 Å². The topological polar surface area (TPSA) is 18.5 Å². The standard InChI is InChI=1S/C9H13O2/c1-3-11-9-7-5-4-6-8(9)10-2/h4-8H,3H2,1-2H3. The molecule has 0 fully saturated rings. The van der Waals surface area contributed by atoms with Crippen molar-refractivity contribution in [2.24, 2.45) is 0 Å². The first-order valence-corrected chi connectivity index (χ1v) is 3.75. The van der Waals surface area contributed by atoms with Crippen LogP contribution in [0.2, 0.25) is 0 Å². The van der Waals surface area contributed by atoms with E-state index in [2.05, 4.69) is 0 Å². The molecule has 11 heavy (non-hydrogen) atoms. The molecule has 1 aliphatic carbocycles. The van der Waals surface area contributed by atoms with Crippen LogP contribution in [0.15, 0.2) is 24.3 Å². The molecule has 2 heteroatoms. The van der Waals surface area contributed by atoms with E-state index in [4.69, 9.17) is 9.47 Å². The third-order valence-electron chi connectivity index (χ3n) is 1.50. The van der Waals surface area contributed by atoms with Gasteiger partial charge in [-0.25, -0.2) is 0 Å². The average Bonchev–Trinajstić information content (AvgIpc) is 2.06. The molecule has 0 bridgehead atoms. The van der Waals surface area contributed by atoms with Gasteiger partial charge in [0, 0.05) is 13.7 Å². The van der Waals surface area contributed by atoms with E-state index in [1.807, 2.05) is 31.2 Å². The van der Waals surface area contributed by atoms with Crippen LogP contribution in [0.1, 0.15) is 6.92 Å². The molecular formula is C9H13O2. The second kappa shape index (κ2) is 4.31. The normalized spacial score (nSPS) is 24.4. The molecule has 0 aromatic rings. The third-order valence-corrected chi connectivity index (χ3v) is 1.50. The Hall–Kier alpha value is -0.600. The summed E-state index contributed by atoms with van der Waals surface area (Å²) in [5.41, 5.74) is 0. The van der Waals surface area contributed by atoms with E-state index in [1.54, 1.807) is 7.11 Å². The molecule has 2 nitrogen and oxygen atoms in total. The van der Waals surface area contributed by atoms with Crippen molar-refractivity contribution in [2.45, 2.75) is 13.0 Å². The lowest BCUT2D eigenvalue weighted by Crippen LogP contribution is -2.21. The fourth-order valence-electron chi connectivity index (χ4n) is 0.997. The van der Waals surface area contributed by atoms with Crippen LogP contribution in [0.3, 0.4) is 0 Å². The minimum atomic E-state index is -0.0000463. The molecule has 0 saturated carbocycles. The molecular weight excluding hydrogens is 140 g/mol. The molecule has 1 radical (unpaired) electrons. The molecule has 61 valence electrons. The summed E-state index contributed by atoms with van der Waals surface area (Å²) in [6.45, 7) is 2.65. The Morgan fingerprint density at radius 1 is 1.45 bits per heavy atom. The minimum Gasteiger partial charge on any atom is -0.374 e. The van der Waals surface area contributed by atoms with E-state index in [1.165, 1.54) is 0 Å². The molecule has 0 N–H and O–H groups in total. The number of allylic oxidation sites excluding steroid dienone is 2. The Balaban J connectivity index is 2.48. The summed E-state index contributed by atoms with van der Waals surface area (Å²) in [6, 6.07) is 0. The van der Waals surface area contributed by atoms with Crippen LogP contribution in [0.5, 0.6) is 0 Å². The maximum absolute atomic E-state index is 5.34. The minimum absolute atomic E-state index is 0.0000463. The van der Waals surface area contributed by atoms with Crippen LogP contribution in [0, 0.1) is 6.10 Å². The number of hydrogen-bond donors (Lipinski definition) is 0. The molecule has 0 heterocycles. The van der Waals surface area contributed by atoms with Crippen LogP contribution in [0.4, 0.5) is 0 Å². The monoisotopic (exact) mass is 153 g/mol. The fraction of sp³-hybridized carbons (Fsp3) is 0.444. The summed E-state index contributed by atoms with van der Waals surface area (Å²) in [6.07, 6.45) is 8.68. The Bertz CT molecular complexity index is 161. The van der Waals surface area contributed by atoms with Crippen LogP contribution >= 0.6 is 0 Å². The van der Waals surface area contributed by atoms with Crippen molar-refractivity contribution in [3.8, 4) is 0 Å². The van der Waals surface area contributed by atoms with E-state index in [9.17, 15) is 0 Å². The van der Waals surface area contributed by atoms with E-state index >= 15 is 0 Å². The molecule has 1 rings (SSSR count). The van der Waals surface area contributed by atoms with Gasteiger partial charge >= 0.3 is 0 Å². The zero-order valence-corrected chi connectivity index (χ0v) is 6.91. The predicted molar refractivity (Wildman–Crippen MR) is 43.9 cm³/mol. The molecule has 1 atom stereocenters. The average molecular weight is 153 g/mol. The first-order valence-electron chi connectivity index (χ1n) is 3.75. The predicted octanol–water partition coefficient (Wildman–Crippen LogP) is 1.70. The quantitative estimate of drug-likeness (QED) is 0.614. The lowest BCUT2D eigenvalue weighted by atomic mass is 10.1. The molecule has 1 unspecified atom stereocenters. The molecule has 0 aromatic heterocycles. The van der Waals surface area contributed by atoms with Gasteiger partial charge in [-0.1, -0.05) is 18.2 Å². The lowest BCUT2D eigenvalue weighted by Gasteiger charge is -2.20. The van der Waals surface area contributed by atoms with E-state index in [-0.39, 0.29) is 6.10 Å². The van der Waals surface area contributed by atoms with Gasteiger partial charge in [0.15, 0.2) is 6.10 Å². The lowest BCUT2D eigenvalue weighted by molar-refractivity contribution is 0.0579. The van der Waals surface area contributed by atoms with Gasteiger partial charge in [0.2, 0.25) is 0 Å². The van der Waals surface area contributed by atoms with Crippen LogP contribution in [-0.2, 0) is 9.47 Å². The first kappa shape index (κ1) is 8.50. The number of methoxy groups -OCH3 is 1. The maximum atomic E-state index is 5.34. The zero-order valence-electron chi connectivity index (χ0n) is 6.91. The second-order valence-corrected chi connectivity index (χ2v) is 2.24. The second-order valence-electron chi connectivity index (χ2n) is 2.24. The van der Waals surface area contributed by atoms with Gasteiger partial charge in [-0.05, 0) is 13.0 Å². The largest absolute Gasteiger partial charge is 0.374 e. The van der Waals surface area contributed by atoms with Crippen molar-refractivity contribution >= 4 is 0 Å². The van der Waals surface area contributed by atoms with Crippen LogP contribution < -0.4 is 0 Å². The Morgan fingerprint density at radius 3 is 2.91 bits per heavy atom. The summed E-state index contributed by atoms with van der Waals surface area (Å²) in [5, 5.41) is 0. The molecule has 0 saturated heterocycles. The fourth-order valence-corrected chi connectivity index (χ4v) is 0.997. The van der Waals surface area contributed by atoms with Gasteiger partial charge in [0.05, 0.1) is 0 Å². The summed E-state index contributed by atoms with van der Waals surface area (Å²) in [7, 11) is 1.67. The van der Waals surface area contributed by atoms with Gasteiger partial charge in [-0.2, -0.15) is 0 Å². The summed E-state index contributed by atoms with van der Waals surface area (Å²) in [4.78, 5) is 0. The maximum Gasteiger partial charge on any atom is 0.151 e. The molecule has 0 amide bonds. The Labute approximate surface area is 67.5 Å². The van der Waals surface area contributed by atoms with Crippen LogP contribution in [0.25, 0.3) is 0 Å². The zero-order chi connectivity index (χ0) is 8.10. The van der Waals surface area contributed by atoms with E-state index in [0.717, 1.165) is 6.10 Å². The third kappa shape index (κ3) is 2.17. The van der Waals surface area contributed by atoms with Crippen molar-refractivity contribution in [1.29, 1.82) is 0 Å². The highest BCUT2D eigenvalue weighted by molar-refractivity contribution is 5.25. The van der Waals surface area contributed by atoms with Crippen molar-refractivity contribution in [3.63, 3.8) is 0 Å². The van der Waals surface area contributed by atoms with Gasteiger partial charge < -0.3 is 9.47 Å². The number of rotatable bonds is 3. The molecule has 1 aliphatic rings. The Kier molecular flexibility index (Phi) is 3.33. The summed E-state index contributed by atoms with van der Waals surface area (Å²) < 4.78 is 10.5. The van der Waals surface area contributed by atoms with Crippen molar-refractivity contribution in [1.82, 2.24) is 0 Å². The van der Waals surface area contributed by atoms with Crippen LogP contribution in [-0.4, -0.2) is 19.8 Å². The first-order chi connectivity index (χ1) is 5.38. The Morgan fingerprint density at radius 2 is 2.27 bits per heavy atom. The van der Waals surface area contributed by atoms with Crippen molar-refractivity contribution < 1.29 is 9.47 Å². The highest BCUT2D eigenvalue weighted by Gasteiger charge is 2.18. The molecule has 0 aromatic carbocycles.